The molecule has 0 aromatic carbocycles. The molecule has 1 N–H and O–H groups in total. The van der Waals surface area contributed by atoms with E-state index in [1.165, 1.54) is 0 Å². The fourth-order valence-electron chi connectivity index (χ4n) is 0. The minimum atomic E-state index is 0.650. The van der Waals surface area contributed by atoms with Gasteiger partial charge < -0.3 is 5.32 Å². The smallest absolute Gasteiger partial charge is 0.0246 e. The normalized spacial score (nSPS) is 8.25. The molecule has 52 valence electrons. The quantitative estimate of drug-likeness (QED) is 0.543. The summed E-state index contributed by atoms with van der Waals surface area (Å²) in [5.41, 5.74) is 0. The lowest BCUT2D eigenvalue weighted by atomic mass is 10.3. The first-order chi connectivity index (χ1) is 3.68. The third-order valence-corrected chi connectivity index (χ3v) is 0.926. The van der Waals surface area contributed by atoms with Crippen molar-refractivity contribution in [3.05, 3.63) is 0 Å². The van der Waals surface area contributed by atoms with Crippen LogP contribution in [0.3, 0.4) is 0 Å². The summed E-state index contributed by atoms with van der Waals surface area (Å²) in [6.07, 6.45) is 0. The van der Waals surface area contributed by atoms with Crippen molar-refractivity contribution in [2.24, 2.45) is 5.92 Å². The van der Waals surface area contributed by atoms with E-state index in [0.29, 0.717) is 5.92 Å². The van der Waals surface area contributed by atoms with E-state index >= 15 is 0 Å². The third-order valence-electron chi connectivity index (χ3n) is 0.309. The number of halogens is 1. The molecule has 0 aliphatic heterocycles. The minimum Gasteiger partial charge on any atom is -0.323 e. The first kappa shape index (κ1) is 11.1. The van der Waals surface area contributed by atoms with Crippen LogP contribution in [0.25, 0.3) is 0 Å². The van der Waals surface area contributed by atoms with Gasteiger partial charge in [0.1, 0.15) is 0 Å². The van der Waals surface area contributed by atoms with Gasteiger partial charge in [0, 0.05) is 5.88 Å². The largest absolute Gasteiger partial charge is 0.323 e. The van der Waals surface area contributed by atoms with Crippen LogP contribution in [-0.2, 0) is 0 Å². The van der Waals surface area contributed by atoms with Gasteiger partial charge in [0.05, 0.1) is 0 Å². The Bertz CT molecular complexity index is 29.7. The Morgan fingerprint density at radius 1 is 1.38 bits per heavy atom. The molecular weight excluding hydrogens is 122 g/mol. The number of hydrogen-bond acceptors (Lipinski definition) is 1. The van der Waals surface area contributed by atoms with E-state index in [0.717, 1.165) is 5.88 Å². The molecule has 0 aliphatic rings. The van der Waals surface area contributed by atoms with Gasteiger partial charge in [-0.2, -0.15) is 0 Å². The highest BCUT2D eigenvalue weighted by atomic mass is 35.5. The number of rotatable bonds is 1. The van der Waals surface area contributed by atoms with E-state index in [9.17, 15) is 0 Å². The van der Waals surface area contributed by atoms with Gasteiger partial charge >= 0.3 is 0 Å². The lowest BCUT2D eigenvalue weighted by Gasteiger charge is -1.88. The van der Waals surface area contributed by atoms with Crippen LogP contribution < -0.4 is 5.32 Å². The van der Waals surface area contributed by atoms with Crippen LogP contribution in [0.4, 0.5) is 0 Å². The van der Waals surface area contributed by atoms with Gasteiger partial charge in [-0.3, -0.25) is 0 Å². The Hall–Kier alpha value is 0.250. The molecule has 0 saturated carbocycles. The van der Waals surface area contributed by atoms with Crippen molar-refractivity contribution in [2.75, 3.05) is 20.0 Å². The molecule has 0 rings (SSSR count). The van der Waals surface area contributed by atoms with Crippen LogP contribution in [-0.4, -0.2) is 20.0 Å². The number of hydrogen-bond donors (Lipinski definition) is 1. The fraction of sp³-hybridized carbons (Fsp3) is 1.00. The van der Waals surface area contributed by atoms with Crippen molar-refractivity contribution in [1.82, 2.24) is 5.32 Å². The van der Waals surface area contributed by atoms with Crippen LogP contribution in [0.2, 0.25) is 0 Å². The number of nitrogens with one attached hydrogen (secondary N) is 1. The predicted octanol–water partition coefficient (Wildman–Crippen LogP) is 1.72. The summed E-state index contributed by atoms with van der Waals surface area (Å²) in [5.74, 6) is 1.43. The average molecular weight is 138 g/mol. The topological polar surface area (TPSA) is 12.0 Å². The van der Waals surface area contributed by atoms with Gasteiger partial charge in [0.2, 0.25) is 0 Å². The molecule has 0 unspecified atom stereocenters. The second-order valence-electron chi connectivity index (χ2n) is 2.05. The van der Waals surface area contributed by atoms with Crippen molar-refractivity contribution in [3.63, 3.8) is 0 Å². The molecule has 2 heteroatoms. The van der Waals surface area contributed by atoms with E-state index in [4.69, 9.17) is 11.6 Å². The number of alkyl halides is 1. The average Bonchev–Trinajstić information content (AvgIpc) is 1.69. The molecule has 0 aromatic rings. The van der Waals surface area contributed by atoms with Crippen LogP contribution in [0.1, 0.15) is 13.8 Å². The van der Waals surface area contributed by atoms with Gasteiger partial charge in [-0.25, -0.2) is 0 Å². The minimum absolute atomic E-state index is 0.650. The molecule has 0 atom stereocenters. The van der Waals surface area contributed by atoms with Crippen molar-refractivity contribution in [1.29, 1.82) is 0 Å². The monoisotopic (exact) mass is 137 g/mol. The van der Waals surface area contributed by atoms with E-state index in [-0.39, 0.29) is 0 Å². The Kier molecular flexibility index (Phi) is 14.3. The van der Waals surface area contributed by atoms with Crippen LogP contribution >= 0.6 is 11.6 Å². The first-order valence-electron chi connectivity index (χ1n) is 2.83. The maximum atomic E-state index is 5.34. The molecule has 0 aromatic heterocycles. The lowest BCUT2D eigenvalue weighted by Crippen LogP contribution is -1.89. The maximum Gasteiger partial charge on any atom is 0.0246 e. The molecular formula is C6H16ClN. The Morgan fingerprint density at radius 3 is 1.50 bits per heavy atom. The summed E-state index contributed by atoms with van der Waals surface area (Å²) in [6.45, 7) is 4.18. The van der Waals surface area contributed by atoms with E-state index in [1.807, 2.05) is 14.1 Å². The lowest BCUT2D eigenvalue weighted by molar-refractivity contribution is 0.745. The maximum absolute atomic E-state index is 5.34. The highest BCUT2D eigenvalue weighted by Crippen LogP contribution is 1.91. The van der Waals surface area contributed by atoms with Crippen molar-refractivity contribution in [2.45, 2.75) is 13.8 Å². The molecule has 1 nitrogen and oxygen atoms in total. The van der Waals surface area contributed by atoms with E-state index < -0.39 is 0 Å². The summed E-state index contributed by atoms with van der Waals surface area (Å²) in [4.78, 5) is 0. The highest BCUT2D eigenvalue weighted by Gasteiger charge is 1.82. The third kappa shape index (κ3) is 34.0. The fourth-order valence-corrected chi connectivity index (χ4v) is 0. The molecule has 0 bridgehead atoms. The van der Waals surface area contributed by atoms with Crippen molar-refractivity contribution >= 4 is 11.6 Å². The summed E-state index contributed by atoms with van der Waals surface area (Å²) >= 11 is 5.34. The molecule has 0 radical (unpaired) electrons. The predicted molar refractivity (Wildman–Crippen MR) is 40.5 cm³/mol. The SMILES string of the molecule is CC(C)CCl.CNC. The first-order valence-corrected chi connectivity index (χ1v) is 3.36. The highest BCUT2D eigenvalue weighted by molar-refractivity contribution is 6.17. The molecule has 0 fully saturated rings. The molecule has 0 aliphatic carbocycles. The van der Waals surface area contributed by atoms with Crippen molar-refractivity contribution < 1.29 is 0 Å². The van der Waals surface area contributed by atoms with Gasteiger partial charge in [-0.1, -0.05) is 13.8 Å². The Balaban J connectivity index is 0. The zero-order valence-corrected chi connectivity index (χ0v) is 6.92. The molecule has 8 heavy (non-hydrogen) atoms. The standard InChI is InChI=1S/C4H9Cl.C2H7N/c1-4(2)3-5;1-3-2/h4H,3H2,1-2H3;3H,1-2H3. The van der Waals surface area contributed by atoms with E-state index in [2.05, 4.69) is 19.2 Å². The summed E-state index contributed by atoms with van der Waals surface area (Å²) < 4.78 is 0. The Labute approximate surface area is 57.4 Å². The second kappa shape index (κ2) is 10.3. The Morgan fingerprint density at radius 2 is 1.50 bits per heavy atom. The molecule has 0 heterocycles. The molecule has 0 amide bonds. The van der Waals surface area contributed by atoms with Crippen LogP contribution in [0.15, 0.2) is 0 Å². The second-order valence-corrected chi connectivity index (χ2v) is 2.36. The zero-order valence-electron chi connectivity index (χ0n) is 6.16. The van der Waals surface area contributed by atoms with Gasteiger partial charge in [-0.15, -0.1) is 11.6 Å². The van der Waals surface area contributed by atoms with Crippen molar-refractivity contribution in [3.8, 4) is 0 Å². The van der Waals surface area contributed by atoms with Gasteiger partial charge in [0.25, 0.3) is 0 Å². The zero-order chi connectivity index (χ0) is 6.99. The summed E-state index contributed by atoms with van der Waals surface area (Å²) in [5, 5.41) is 2.75. The molecule has 0 saturated heterocycles. The van der Waals surface area contributed by atoms with Crippen LogP contribution in [0, 0.1) is 5.92 Å². The molecule has 0 spiro atoms. The van der Waals surface area contributed by atoms with E-state index in [1.54, 1.807) is 0 Å². The summed E-state index contributed by atoms with van der Waals surface area (Å²) in [7, 11) is 3.75. The van der Waals surface area contributed by atoms with Gasteiger partial charge in [0.15, 0.2) is 0 Å². The van der Waals surface area contributed by atoms with Crippen LogP contribution in [0.5, 0.6) is 0 Å². The summed E-state index contributed by atoms with van der Waals surface area (Å²) in [6, 6.07) is 0. The van der Waals surface area contributed by atoms with Gasteiger partial charge in [-0.05, 0) is 20.0 Å².